The minimum absolute atomic E-state index is 0.134. The van der Waals surface area contributed by atoms with E-state index >= 15 is 0 Å². The van der Waals surface area contributed by atoms with Gasteiger partial charge in [-0.15, -0.1) is 0 Å². The summed E-state index contributed by atoms with van der Waals surface area (Å²) >= 11 is 0. The lowest BCUT2D eigenvalue weighted by Gasteiger charge is -2.44. The van der Waals surface area contributed by atoms with Gasteiger partial charge >= 0.3 is 6.09 Å². The van der Waals surface area contributed by atoms with Crippen LogP contribution >= 0.6 is 0 Å². The number of likely N-dealkylation sites (tertiary alicyclic amines) is 1. The first-order valence-electron chi connectivity index (χ1n) is 8.64. The van der Waals surface area contributed by atoms with E-state index in [9.17, 15) is 13.6 Å². The van der Waals surface area contributed by atoms with Gasteiger partial charge in [-0.25, -0.2) is 13.6 Å². The van der Waals surface area contributed by atoms with E-state index in [1.54, 1.807) is 32.7 Å². The summed E-state index contributed by atoms with van der Waals surface area (Å²) in [5.74, 6) is -2.99. The maximum absolute atomic E-state index is 14.7. The highest BCUT2D eigenvalue weighted by Gasteiger charge is 2.49. The molecule has 1 aliphatic rings. The Balaban J connectivity index is 2.06. The standard InChI is InChI=1S/C19H28F2N2O2/c1-14(15-9-7-6-8-10-15)22(5)16-11-12-23(13-19(16,20)21)17(24)25-18(2,3)4/h6-10,14,16H,11-13H2,1-5H3/t14-,16-/m1/s1. The first-order valence-corrected chi connectivity index (χ1v) is 8.64. The molecule has 1 amide bonds. The highest BCUT2D eigenvalue weighted by atomic mass is 19.3. The van der Waals surface area contributed by atoms with E-state index in [4.69, 9.17) is 4.74 Å². The fourth-order valence-electron chi connectivity index (χ4n) is 3.15. The number of hydrogen-bond acceptors (Lipinski definition) is 3. The molecule has 0 N–H and O–H groups in total. The normalized spacial score (nSPS) is 21.9. The average molecular weight is 354 g/mol. The maximum atomic E-state index is 14.7. The van der Waals surface area contributed by atoms with E-state index < -0.39 is 30.2 Å². The number of hydrogen-bond donors (Lipinski definition) is 0. The number of alkyl halides is 2. The molecule has 0 bridgehead atoms. The summed E-state index contributed by atoms with van der Waals surface area (Å²) in [5, 5.41) is 0. The quantitative estimate of drug-likeness (QED) is 0.810. The van der Waals surface area contributed by atoms with Crippen molar-refractivity contribution < 1.29 is 18.3 Å². The van der Waals surface area contributed by atoms with Gasteiger partial charge in [-0.05, 0) is 46.7 Å². The number of halogens is 2. The third-order valence-electron chi connectivity index (χ3n) is 4.60. The molecule has 0 spiro atoms. The minimum Gasteiger partial charge on any atom is -0.444 e. The van der Waals surface area contributed by atoms with Crippen LogP contribution in [0.1, 0.15) is 45.7 Å². The van der Waals surface area contributed by atoms with Gasteiger partial charge in [-0.2, -0.15) is 0 Å². The molecule has 2 rings (SSSR count). The molecule has 0 aliphatic carbocycles. The summed E-state index contributed by atoms with van der Waals surface area (Å²) in [6.45, 7) is 6.76. The van der Waals surface area contributed by atoms with Crippen LogP contribution in [-0.2, 0) is 4.74 Å². The molecule has 6 heteroatoms. The molecule has 1 fully saturated rings. The number of rotatable bonds is 3. The lowest BCUT2D eigenvalue weighted by Crippen LogP contribution is -2.59. The van der Waals surface area contributed by atoms with Gasteiger partial charge in [0, 0.05) is 12.6 Å². The predicted molar refractivity (Wildman–Crippen MR) is 93.8 cm³/mol. The van der Waals surface area contributed by atoms with Crippen molar-refractivity contribution in [2.75, 3.05) is 20.1 Å². The summed E-state index contributed by atoms with van der Waals surface area (Å²) < 4.78 is 34.7. The third kappa shape index (κ3) is 4.91. The average Bonchev–Trinajstić information content (AvgIpc) is 2.51. The van der Waals surface area contributed by atoms with Crippen LogP contribution in [0.25, 0.3) is 0 Å². The van der Waals surface area contributed by atoms with Crippen LogP contribution < -0.4 is 0 Å². The highest BCUT2D eigenvalue weighted by Crippen LogP contribution is 2.35. The topological polar surface area (TPSA) is 32.8 Å². The van der Waals surface area contributed by atoms with Gasteiger partial charge in [-0.3, -0.25) is 4.90 Å². The minimum atomic E-state index is -2.99. The van der Waals surface area contributed by atoms with Crippen LogP contribution in [0.2, 0.25) is 0 Å². The van der Waals surface area contributed by atoms with E-state index in [2.05, 4.69) is 0 Å². The van der Waals surface area contributed by atoms with Crippen LogP contribution in [0, 0.1) is 0 Å². The first-order chi connectivity index (χ1) is 11.5. The summed E-state index contributed by atoms with van der Waals surface area (Å²) in [6, 6.07) is 8.55. The molecule has 2 atom stereocenters. The van der Waals surface area contributed by atoms with Crippen molar-refractivity contribution in [2.24, 2.45) is 0 Å². The van der Waals surface area contributed by atoms with Crippen molar-refractivity contribution in [1.82, 2.24) is 9.80 Å². The Kier molecular flexibility index (Phi) is 5.72. The molecule has 140 valence electrons. The smallest absolute Gasteiger partial charge is 0.410 e. The van der Waals surface area contributed by atoms with E-state index in [-0.39, 0.29) is 19.0 Å². The van der Waals surface area contributed by atoms with Gasteiger partial charge in [0.05, 0.1) is 12.6 Å². The van der Waals surface area contributed by atoms with Gasteiger partial charge in [0.25, 0.3) is 5.92 Å². The molecule has 25 heavy (non-hydrogen) atoms. The van der Waals surface area contributed by atoms with Crippen molar-refractivity contribution in [1.29, 1.82) is 0 Å². The zero-order valence-corrected chi connectivity index (χ0v) is 15.6. The third-order valence-corrected chi connectivity index (χ3v) is 4.60. The van der Waals surface area contributed by atoms with Gasteiger partial charge in [0.1, 0.15) is 5.60 Å². The zero-order valence-electron chi connectivity index (χ0n) is 15.6. The molecule has 1 aromatic rings. The van der Waals surface area contributed by atoms with Crippen molar-refractivity contribution in [3.63, 3.8) is 0 Å². The Morgan fingerprint density at radius 2 is 1.92 bits per heavy atom. The van der Waals surface area contributed by atoms with Crippen molar-refractivity contribution in [3.8, 4) is 0 Å². The SMILES string of the molecule is C[C@H](c1ccccc1)N(C)[C@@H]1CCN(C(=O)OC(C)(C)C)CC1(F)F. The number of carbonyl (C=O) groups excluding carboxylic acids is 1. The van der Waals surface area contributed by atoms with Crippen molar-refractivity contribution in [3.05, 3.63) is 35.9 Å². The Labute approximate surface area is 148 Å². The highest BCUT2D eigenvalue weighted by molar-refractivity contribution is 5.68. The largest absolute Gasteiger partial charge is 0.444 e. The molecule has 0 radical (unpaired) electrons. The fraction of sp³-hybridized carbons (Fsp3) is 0.632. The molecule has 0 saturated carbocycles. The number of ether oxygens (including phenoxy) is 1. The summed E-state index contributed by atoms with van der Waals surface area (Å²) in [4.78, 5) is 14.9. The van der Waals surface area contributed by atoms with Crippen molar-refractivity contribution >= 4 is 6.09 Å². The van der Waals surface area contributed by atoms with Crippen molar-refractivity contribution in [2.45, 2.75) is 57.7 Å². The number of nitrogens with zero attached hydrogens (tertiary/aromatic N) is 2. The molecular formula is C19H28F2N2O2. The second kappa shape index (κ2) is 7.28. The lowest BCUT2D eigenvalue weighted by atomic mass is 9.96. The molecule has 0 unspecified atom stereocenters. The van der Waals surface area contributed by atoms with Crippen LogP contribution in [0.4, 0.5) is 13.6 Å². The van der Waals surface area contributed by atoms with Gasteiger partial charge in [0.2, 0.25) is 0 Å². The monoisotopic (exact) mass is 354 g/mol. The van der Waals surface area contributed by atoms with Crippen LogP contribution in [0.3, 0.4) is 0 Å². The summed E-state index contributed by atoms with van der Waals surface area (Å²) in [6.07, 6.45) is -0.468. The van der Waals surface area contributed by atoms with Gasteiger partial charge < -0.3 is 9.64 Å². The predicted octanol–water partition coefficient (Wildman–Crippen LogP) is 4.32. The molecule has 1 saturated heterocycles. The summed E-state index contributed by atoms with van der Waals surface area (Å²) in [5.41, 5.74) is 0.303. The molecule has 1 aliphatic heterocycles. The maximum Gasteiger partial charge on any atom is 0.410 e. The number of carbonyl (C=O) groups is 1. The van der Waals surface area contributed by atoms with Gasteiger partial charge in [0.15, 0.2) is 0 Å². The molecule has 1 heterocycles. The first kappa shape index (κ1) is 19.6. The summed E-state index contributed by atoms with van der Waals surface area (Å²) in [7, 11) is 1.72. The Morgan fingerprint density at radius 1 is 1.32 bits per heavy atom. The van der Waals surface area contributed by atoms with E-state index in [0.717, 1.165) is 10.5 Å². The lowest BCUT2D eigenvalue weighted by molar-refractivity contribution is -0.127. The molecule has 0 aromatic heterocycles. The molecule has 4 nitrogen and oxygen atoms in total. The Hall–Kier alpha value is -1.69. The number of piperidine rings is 1. The second-order valence-corrected chi connectivity index (χ2v) is 7.72. The van der Waals surface area contributed by atoms with E-state index in [0.29, 0.717) is 0 Å². The fourth-order valence-corrected chi connectivity index (χ4v) is 3.15. The van der Waals surface area contributed by atoms with E-state index in [1.807, 2.05) is 37.3 Å². The van der Waals surface area contributed by atoms with Crippen LogP contribution in [0.15, 0.2) is 30.3 Å². The van der Waals surface area contributed by atoms with Crippen LogP contribution in [-0.4, -0.2) is 53.6 Å². The Bertz CT molecular complexity index is 587. The zero-order chi connectivity index (χ0) is 18.8. The van der Waals surface area contributed by atoms with Crippen LogP contribution in [0.5, 0.6) is 0 Å². The second-order valence-electron chi connectivity index (χ2n) is 7.72. The molecular weight excluding hydrogens is 326 g/mol. The number of benzene rings is 1. The van der Waals surface area contributed by atoms with E-state index in [1.165, 1.54) is 0 Å². The Morgan fingerprint density at radius 3 is 2.44 bits per heavy atom. The molecule has 1 aromatic carbocycles. The van der Waals surface area contributed by atoms with Gasteiger partial charge in [-0.1, -0.05) is 30.3 Å². The number of amides is 1.